The number of rotatable bonds is 5. The van der Waals surface area contributed by atoms with Crippen LogP contribution in [0.2, 0.25) is 0 Å². The van der Waals surface area contributed by atoms with Crippen molar-refractivity contribution in [3.05, 3.63) is 31.8 Å². The van der Waals surface area contributed by atoms with E-state index in [1.807, 2.05) is 18.2 Å². The largest absolute Gasteiger partial charge is 0.389 e. The second kappa shape index (κ2) is 7.09. The molecular weight excluding hydrogens is 422 g/mol. The number of benzene rings is 1. The summed E-state index contributed by atoms with van der Waals surface area (Å²) >= 11 is 5.63. The number of halogens is 5. The van der Waals surface area contributed by atoms with Crippen LogP contribution in [0.5, 0.6) is 0 Å². The van der Waals surface area contributed by atoms with E-state index in [4.69, 9.17) is 0 Å². The molecule has 0 bridgehead atoms. The molecule has 0 aliphatic carbocycles. The van der Waals surface area contributed by atoms with Gasteiger partial charge < -0.3 is 5.32 Å². The highest BCUT2D eigenvalue weighted by Gasteiger charge is 2.27. The lowest BCUT2D eigenvalue weighted by molar-refractivity contribution is -0.135. The molecule has 1 unspecified atom stereocenters. The van der Waals surface area contributed by atoms with Crippen molar-refractivity contribution in [2.75, 3.05) is 7.05 Å². The Hall–Kier alpha value is 0.180. The van der Waals surface area contributed by atoms with Crippen molar-refractivity contribution in [2.45, 2.75) is 31.5 Å². The number of hydrogen-bond donors (Lipinski definition) is 1. The van der Waals surface area contributed by atoms with Gasteiger partial charge in [-0.1, -0.05) is 15.9 Å². The van der Waals surface area contributed by atoms with Gasteiger partial charge in [0.1, 0.15) is 0 Å². The minimum Gasteiger partial charge on any atom is -0.313 e. The van der Waals surface area contributed by atoms with E-state index >= 15 is 0 Å². The molecule has 0 spiro atoms. The van der Waals surface area contributed by atoms with Crippen molar-refractivity contribution in [3.63, 3.8) is 0 Å². The Morgan fingerprint density at radius 3 is 2.61 bits per heavy atom. The molecule has 1 atom stereocenters. The van der Waals surface area contributed by atoms with E-state index in [0.717, 1.165) is 13.6 Å². The Morgan fingerprint density at radius 2 is 2.06 bits per heavy atom. The van der Waals surface area contributed by atoms with Crippen LogP contribution in [-0.2, 0) is 0 Å². The van der Waals surface area contributed by atoms with Gasteiger partial charge in [0.25, 0.3) is 0 Å². The van der Waals surface area contributed by atoms with Crippen LogP contribution in [0.1, 0.15) is 30.9 Å². The van der Waals surface area contributed by atoms with Gasteiger partial charge in [0.15, 0.2) is 0 Å². The maximum Gasteiger partial charge on any atom is 0.389 e. The third-order valence-electron chi connectivity index (χ3n) is 2.63. The Labute approximate surface area is 127 Å². The molecule has 6 heteroatoms. The van der Waals surface area contributed by atoms with Gasteiger partial charge in [-0.15, -0.1) is 0 Å². The van der Waals surface area contributed by atoms with E-state index in [1.54, 1.807) is 7.05 Å². The minimum absolute atomic E-state index is 0.0589. The average molecular weight is 436 g/mol. The first kappa shape index (κ1) is 16.2. The first-order valence-electron chi connectivity index (χ1n) is 5.52. The summed E-state index contributed by atoms with van der Waals surface area (Å²) in [6, 6.07) is 5.80. The van der Waals surface area contributed by atoms with Crippen molar-refractivity contribution < 1.29 is 13.2 Å². The molecule has 0 heterocycles. The Bertz CT molecular complexity index is 395. The summed E-state index contributed by atoms with van der Waals surface area (Å²) in [6.07, 6.45) is -4.20. The van der Waals surface area contributed by atoms with Crippen LogP contribution in [0.3, 0.4) is 0 Å². The van der Waals surface area contributed by atoms with Gasteiger partial charge in [0.2, 0.25) is 0 Å². The molecule has 0 aliphatic rings. The van der Waals surface area contributed by atoms with Gasteiger partial charge in [-0.25, -0.2) is 0 Å². The fraction of sp³-hybridized carbons (Fsp3) is 0.500. The average Bonchev–Trinajstić information content (AvgIpc) is 2.27. The molecule has 1 nitrogen and oxygen atoms in total. The normalized spacial score (nSPS) is 13.7. The molecule has 0 aliphatic heterocycles. The molecule has 1 N–H and O–H groups in total. The summed E-state index contributed by atoms with van der Waals surface area (Å²) in [4.78, 5) is 0. The molecule has 1 aromatic carbocycles. The lowest BCUT2D eigenvalue weighted by Crippen LogP contribution is -2.18. The summed E-state index contributed by atoms with van der Waals surface area (Å²) in [5, 5.41) is 3.07. The van der Waals surface area contributed by atoms with Crippen molar-refractivity contribution >= 4 is 38.5 Å². The van der Waals surface area contributed by atoms with Crippen LogP contribution in [0.15, 0.2) is 22.7 Å². The summed E-state index contributed by atoms with van der Waals surface area (Å²) in [7, 11) is 1.77. The zero-order valence-electron chi connectivity index (χ0n) is 9.82. The molecule has 0 radical (unpaired) electrons. The maximum atomic E-state index is 12.1. The van der Waals surface area contributed by atoms with E-state index in [1.165, 1.54) is 0 Å². The summed E-state index contributed by atoms with van der Waals surface area (Å²) in [6.45, 7) is 0. The van der Waals surface area contributed by atoms with Crippen LogP contribution in [0, 0.1) is 3.57 Å². The van der Waals surface area contributed by atoms with Gasteiger partial charge >= 0.3 is 6.18 Å². The van der Waals surface area contributed by atoms with E-state index in [-0.39, 0.29) is 12.5 Å². The van der Waals surface area contributed by atoms with E-state index in [2.05, 4.69) is 43.8 Å². The lowest BCUT2D eigenvalue weighted by atomic mass is 10.0. The van der Waals surface area contributed by atoms with E-state index in [9.17, 15) is 13.2 Å². The summed E-state index contributed by atoms with van der Waals surface area (Å²) < 4.78 is 38.4. The van der Waals surface area contributed by atoms with E-state index in [0.29, 0.717) is 6.42 Å². The molecule has 0 fully saturated rings. The molecule has 0 saturated heterocycles. The van der Waals surface area contributed by atoms with Gasteiger partial charge in [-0.3, -0.25) is 0 Å². The van der Waals surface area contributed by atoms with Crippen molar-refractivity contribution in [1.29, 1.82) is 0 Å². The molecule has 18 heavy (non-hydrogen) atoms. The Balaban J connectivity index is 2.68. The molecule has 1 rings (SSSR count). The number of nitrogens with one attached hydrogen (secondary N) is 1. The topological polar surface area (TPSA) is 12.0 Å². The van der Waals surface area contributed by atoms with Crippen LogP contribution in [0.4, 0.5) is 13.2 Å². The van der Waals surface area contributed by atoms with Crippen molar-refractivity contribution in [1.82, 2.24) is 5.32 Å². The Morgan fingerprint density at radius 1 is 1.39 bits per heavy atom. The highest BCUT2D eigenvalue weighted by Crippen LogP contribution is 2.30. The standard InChI is InChI=1S/C12H14BrF3IN/c1-18-11(3-2-6-12(14,15)16)9-7-8(17)4-5-10(9)13/h4-5,7,11,18H,2-3,6H2,1H3. The SMILES string of the molecule is CNC(CCCC(F)(F)F)c1cc(I)ccc1Br. The van der Waals surface area contributed by atoms with E-state index < -0.39 is 12.6 Å². The minimum atomic E-state index is -4.07. The first-order valence-corrected chi connectivity index (χ1v) is 7.39. The Kier molecular flexibility index (Phi) is 6.40. The number of alkyl halides is 3. The smallest absolute Gasteiger partial charge is 0.313 e. The highest BCUT2D eigenvalue weighted by molar-refractivity contribution is 14.1. The van der Waals surface area contributed by atoms with Gasteiger partial charge in [0, 0.05) is 20.5 Å². The predicted octanol–water partition coefficient (Wildman–Crippen LogP) is 5.05. The molecular formula is C12H14BrF3IN. The predicted molar refractivity (Wildman–Crippen MR) is 78.6 cm³/mol. The third-order valence-corrected chi connectivity index (χ3v) is 4.03. The number of hydrogen-bond acceptors (Lipinski definition) is 1. The molecule has 0 amide bonds. The molecule has 0 saturated carbocycles. The first-order chi connectivity index (χ1) is 8.33. The quantitative estimate of drug-likeness (QED) is 0.638. The van der Waals surface area contributed by atoms with Crippen LogP contribution < -0.4 is 5.32 Å². The second-order valence-corrected chi connectivity index (χ2v) is 6.11. The fourth-order valence-corrected chi connectivity index (χ4v) is 2.78. The monoisotopic (exact) mass is 435 g/mol. The third kappa shape index (κ3) is 5.44. The van der Waals surface area contributed by atoms with Crippen LogP contribution in [0.25, 0.3) is 0 Å². The van der Waals surface area contributed by atoms with Crippen molar-refractivity contribution in [3.8, 4) is 0 Å². The van der Waals surface area contributed by atoms with Gasteiger partial charge in [0.05, 0.1) is 0 Å². The molecule has 0 aromatic heterocycles. The second-order valence-electron chi connectivity index (χ2n) is 4.01. The van der Waals surface area contributed by atoms with Gasteiger partial charge in [-0.05, 0) is 66.2 Å². The lowest BCUT2D eigenvalue weighted by Gasteiger charge is -2.19. The maximum absolute atomic E-state index is 12.1. The van der Waals surface area contributed by atoms with Crippen LogP contribution >= 0.6 is 38.5 Å². The van der Waals surface area contributed by atoms with Crippen LogP contribution in [-0.4, -0.2) is 13.2 Å². The highest BCUT2D eigenvalue weighted by atomic mass is 127. The van der Waals surface area contributed by atoms with Gasteiger partial charge in [-0.2, -0.15) is 13.2 Å². The zero-order valence-corrected chi connectivity index (χ0v) is 13.6. The summed E-state index contributed by atoms with van der Waals surface area (Å²) in [5.74, 6) is 0. The summed E-state index contributed by atoms with van der Waals surface area (Å²) in [5.41, 5.74) is 1.01. The van der Waals surface area contributed by atoms with Crippen molar-refractivity contribution in [2.24, 2.45) is 0 Å². The zero-order chi connectivity index (χ0) is 13.8. The fourth-order valence-electron chi connectivity index (χ4n) is 1.74. The molecule has 1 aromatic rings. The molecule has 102 valence electrons.